The molecule has 1 aliphatic heterocycles. The van der Waals surface area contributed by atoms with Crippen molar-refractivity contribution in [1.29, 1.82) is 0 Å². The summed E-state index contributed by atoms with van der Waals surface area (Å²) in [7, 11) is -2.35. The highest BCUT2D eigenvalue weighted by atomic mass is 32.2. The van der Waals surface area contributed by atoms with Crippen LogP contribution in [0.25, 0.3) is 11.3 Å². The van der Waals surface area contributed by atoms with Crippen molar-refractivity contribution in [1.82, 2.24) is 10.2 Å². The number of ether oxygens (including phenoxy) is 1. The van der Waals surface area contributed by atoms with E-state index in [1.807, 2.05) is 18.2 Å². The van der Waals surface area contributed by atoms with E-state index in [2.05, 4.69) is 19.8 Å². The molecule has 1 aliphatic rings. The fourth-order valence-electron chi connectivity index (χ4n) is 3.39. The zero-order valence-corrected chi connectivity index (χ0v) is 16.9. The Hall–Kier alpha value is -3.13. The summed E-state index contributed by atoms with van der Waals surface area (Å²) in [6.45, 7) is 2.02. The molecule has 1 N–H and O–H groups in total. The molecule has 0 aliphatic carbocycles. The Balaban J connectivity index is 1.57. The number of para-hydroxylation sites is 1. The molecule has 29 heavy (non-hydrogen) atoms. The number of benzene rings is 2. The predicted octanol–water partition coefficient (Wildman–Crippen LogP) is 3.55. The molecule has 150 valence electrons. The topological polar surface area (TPSA) is 84.4 Å². The molecule has 1 fully saturated rings. The van der Waals surface area contributed by atoms with E-state index in [1.165, 1.54) is 26.0 Å². The third-order valence-corrected chi connectivity index (χ3v) is 6.27. The number of sulfonamides is 1. The van der Waals surface area contributed by atoms with Crippen LogP contribution >= 0.6 is 0 Å². The van der Waals surface area contributed by atoms with Gasteiger partial charge in [0.15, 0.2) is 5.82 Å². The fraction of sp³-hybridized carbons (Fsp3) is 0.238. The summed E-state index contributed by atoms with van der Waals surface area (Å²) in [6.07, 6.45) is 2.36. The van der Waals surface area contributed by atoms with E-state index in [0.717, 1.165) is 24.5 Å². The van der Waals surface area contributed by atoms with Gasteiger partial charge >= 0.3 is 0 Å². The van der Waals surface area contributed by atoms with Crippen LogP contribution in [-0.2, 0) is 10.0 Å². The molecular formula is C21H22N4O3S. The smallest absolute Gasteiger partial charge is 0.265 e. The highest BCUT2D eigenvalue weighted by Crippen LogP contribution is 2.27. The quantitative estimate of drug-likeness (QED) is 0.669. The van der Waals surface area contributed by atoms with Crippen molar-refractivity contribution in [2.24, 2.45) is 0 Å². The van der Waals surface area contributed by atoms with Gasteiger partial charge in [0, 0.05) is 24.3 Å². The maximum absolute atomic E-state index is 12.8. The Labute approximate surface area is 170 Å². The maximum atomic E-state index is 12.8. The van der Waals surface area contributed by atoms with Gasteiger partial charge in [0.2, 0.25) is 0 Å². The molecule has 8 heteroatoms. The molecule has 3 aromatic rings. The number of aromatic nitrogens is 2. The average Bonchev–Trinajstić information content (AvgIpc) is 3.29. The lowest BCUT2D eigenvalue weighted by Crippen LogP contribution is -2.19. The van der Waals surface area contributed by atoms with Gasteiger partial charge in [0.25, 0.3) is 10.0 Å². The SMILES string of the molecule is COc1ccccc1S(=O)(=O)Nc1cccc(-c2ccc(N3CCCC3)nn2)c1. The van der Waals surface area contributed by atoms with E-state index >= 15 is 0 Å². The first kappa shape index (κ1) is 19.2. The van der Waals surface area contributed by atoms with Crippen LogP contribution in [0.1, 0.15) is 12.8 Å². The van der Waals surface area contributed by atoms with Crippen LogP contribution in [0.15, 0.2) is 65.6 Å². The van der Waals surface area contributed by atoms with Crippen molar-refractivity contribution in [3.63, 3.8) is 0 Å². The Bertz CT molecular complexity index is 1090. The van der Waals surface area contributed by atoms with Crippen molar-refractivity contribution in [3.05, 3.63) is 60.7 Å². The van der Waals surface area contributed by atoms with Crippen LogP contribution < -0.4 is 14.4 Å². The van der Waals surface area contributed by atoms with Gasteiger partial charge in [-0.3, -0.25) is 4.72 Å². The molecule has 0 saturated carbocycles. The molecule has 7 nitrogen and oxygen atoms in total. The number of rotatable bonds is 6. The second-order valence-corrected chi connectivity index (χ2v) is 8.46. The van der Waals surface area contributed by atoms with E-state index in [-0.39, 0.29) is 4.90 Å². The summed E-state index contributed by atoms with van der Waals surface area (Å²) < 4.78 is 33.4. The number of nitrogens with zero attached hydrogens (tertiary/aromatic N) is 3. The summed E-state index contributed by atoms with van der Waals surface area (Å²) in [5.41, 5.74) is 1.91. The molecular weight excluding hydrogens is 388 g/mol. The van der Waals surface area contributed by atoms with E-state index < -0.39 is 10.0 Å². The zero-order chi connectivity index (χ0) is 20.3. The third-order valence-electron chi connectivity index (χ3n) is 4.85. The lowest BCUT2D eigenvalue weighted by atomic mass is 10.1. The van der Waals surface area contributed by atoms with E-state index in [9.17, 15) is 8.42 Å². The van der Waals surface area contributed by atoms with Gasteiger partial charge in [-0.2, -0.15) is 0 Å². The minimum Gasteiger partial charge on any atom is -0.495 e. The first-order chi connectivity index (χ1) is 14.1. The predicted molar refractivity (Wildman–Crippen MR) is 113 cm³/mol. The number of nitrogens with one attached hydrogen (secondary N) is 1. The van der Waals surface area contributed by atoms with E-state index in [1.54, 1.807) is 36.4 Å². The van der Waals surface area contributed by atoms with Crippen LogP contribution in [0.5, 0.6) is 5.75 Å². The minimum absolute atomic E-state index is 0.0858. The Morgan fingerprint density at radius 3 is 2.48 bits per heavy atom. The number of methoxy groups -OCH3 is 1. The lowest BCUT2D eigenvalue weighted by Gasteiger charge is -2.15. The van der Waals surface area contributed by atoms with Crippen LogP contribution in [0.3, 0.4) is 0 Å². The summed E-state index contributed by atoms with van der Waals surface area (Å²) in [5, 5.41) is 8.66. The third kappa shape index (κ3) is 4.17. The second kappa shape index (κ2) is 8.08. The average molecular weight is 410 g/mol. The fourth-order valence-corrected chi connectivity index (χ4v) is 4.61. The van der Waals surface area contributed by atoms with Crippen LogP contribution in [0.2, 0.25) is 0 Å². The highest BCUT2D eigenvalue weighted by Gasteiger charge is 2.19. The maximum Gasteiger partial charge on any atom is 0.265 e. The first-order valence-corrected chi connectivity index (χ1v) is 10.9. The molecule has 0 amide bonds. The largest absolute Gasteiger partial charge is 0.495 e. The summed E-state index contributed by atoms with van der Waals surface area (Å²) in [4.78, 5) is 2.30. The van der Waals surface area contributed by atoms with Crippen molar-refractivity contribution >= 4 is 21.5 Å². The van der Waals surface area contributed by atoms with Crippen molar-refractivity contribution in [2.45, 2.75) is 17.7 Å². The van der Waals surface area contributed by atoms with Crippen LogP contribution in [-0.4, -0.2) is 38.8 Å². The standard InChI is InChI=1S/C21H22N4O3S/c1-28-19-9-2-3-10-20(19)29(26,27)24-17-8-6-7-16(15-17)18-11-12-21(23-22-18)25-13-4-5-14-25/h2-3,6-12,15,24H,4-5,13-14H2,1H3. The molecule has 2 aromatic carbocycles. The van der Waals surface area contributed by atoms with Gasteiger partial charge in [-0.05, 0) is 49.2 Å². The molecule has 1 saturated heterocycles. The van der Waals surface area contributed by atoms with Crippen LogP contribution in [0.4, 0.5) is 11.5 Å². The first-order valence-electron chi connectivity index (χ1n) is 9.42. The monoisotopic (exact) mass is 410 g/mol. The molecule has 0 atom stereocenters. The van der Waals surface area contributed by atoms with Gasteiger partial charge in [0.1, 0.15) is 10.6 Å². The highest BCUT2D eigenvalue weighted by molar-refractivity contribution is 7.92. The Kier molecular flexibility index (Phi) is 5.35. The molecule has 0 radical (unpaired) electrons. The molecule has 0 bridgehead atoms. The van der Waals surface area contributed by atoms with Gasteiger partial charge in [0.05, 0.1) is 12.8 Å². The molecule has 2 heterocycles. The molecule has 1 aromatic heterocycles. The van der Waals surface area contributed by atoms with Gasteiger partial charge < -0.3 is 9.64 Å². The van der Waals surface area contributed by atoms with Crippen LogP contribution in [0, 0.1) is 0 Å². The van der Waals surface area contributed by atoms with E-state index in [0.29, 0.717) is 17.1 Å². The van der Waals surface area contributed by atoms with Gasteiger partial charge in [-0.25, -0.2) is 8.42 Å². The zero-order valence-electron chi connectivity index (χ0n) is 16.1. The Morgan fingerprint density at radius 2 is 1.76 bits per heavy atom. The minimum atomic E-state index is -3.79. The van der Waals surface area contributed by atoms with Crippen molar-refractivity contribution < 1.29 is 13.2 Å². The van der Waals surface area contributed by atoms with E-state index in [4.69, 9.17) is 4.74 Å². The van der Waals surface area contributed by atoms with Crippen molar-refractivity contribution in [3.8, 4) is 17.0 Å². The molecule has 0 spiro atoms. The summed E-state index contributed by atoms with van der Waals surface area (Å²) >= 11 is 0. The normalized spacial score (nSPS) is 14.0. The second-order valence-electron chi connectivity index (χ2n) is 6.81. The summed E-state index contributed by atoms with van der Waals surface area (Å²) in [6, 6.07) is 17.5. The number of hydrogen-bond donors (Lipinski definition) is 1. The number of anilines is 2. The lowest BCUT2D eigenvalue weighted by molar-refractivity contribution is 0.403. The summed E-state index contributed by atoms with van der Waals surface area (Å²) in [5.74, 6) is 1.17. The van der Waals surface area contributed by atoms with Gasteiger partial charge in [-0.15, -0.1) is 10.2 Å². The van der Waals surface area contributed by atoms with Gasteiger partial charge in [-0.1, -0.05) is 24.3 Å². The molecule has 0 unspecified atom stereocenters. The number of hydrogen-bond acceptors (Lipinski definition) is 6. The molecule has 4 rings (SSSR count). The van der Waals surface area contributed by atoms with Crippen molar-refractivity contribution in [2.75, 3.05) is 29.8 Å². The Morgan fingerprint density at radius 1 is 0.966 bits per heavy atom.